The standard InChI is InChI=1S/C14H20N4/c15-14(16)13-6-5-12(7-17-13)18(8-10-1-2-10)9-11-3-4-11/h5-7,10-11H,1-4,8-9H2,(H3,15,16). The van der Waals surface area contributed by atoms with Gasteiger partial charge in [0.2, 0.25) is 0 Å². The molecule has 4 heteroatoms. The minimum Gasteiger partial charge on any atom is -0.382 e. The molecular weight excluding hydrogens is 224 g/mol. The van der Waals surface area contributed by atoms with Crippen LogP contribution in [0, 0.1) is 17.2 Å². The topological polar surface area (TPSA) is 66.0 Å². The first-order valence-electron chi connectivity index (χ1n) is 6.78. The van der Waals surface area contributed by atoms with Gasteiger partial charge in [0.15, 0.2) is 0 Å². The number of nitrogens with one attached hydrogen (secondary N) is 1. The number of nitrogens with two attached hydrogens (primary N) is 1. The zero-order valence-electron chi connectivity index (χ0n) is 10.6. The van der Waals surface area contributed by atoms with Crippen LogP contribution < -0.4 is 10.6 Å². The van der Waals surface area contributed by atoms with Crippen LogP contribution in [0.4, 0.5) is 5.69 Å². The lowest BCUT2D eigenvalue weighted by Crippen LogP contribution is -2.28. The quantitative estimate of drug-likeness (QED) is 0.594. The zero-order valence-corrected chi connectivity index (χ0v) is 10.6. The molecule has 2 aliphatic rings. The number of pyridine rings is 1. The summed E-state index contributed by atoms with van der Waals surface area (Å²) >= 11 is 0. The largest absolute Gasteiger partial charge is 0.382 e. The van der Waals surface area contributed by atoms with Gasteiger partial charge in [-0.3, -0.25) is 10.4 Å². The molecule has 1 aromatic heterocycles. The van der Waals surface area contributed by atoms with Crippen molar-refractivity contribution < 1.29 is 0 Å². The summed E-state index contributed by atoms with van der Waals surface area (Å²) in [6.45, 7) is 2.33. The number of aromatic nitrogens is 1. The number of hydrogen-bond acceptors (Lipinski definition) is 3. The molecule has 0 radical (unpaired) electrons. The van der Waals surface area contributed by atoms with Crippen LogP contribution >= 0.6 is 0 Å². The Morgan fingerprint density at radius 3 is 2.22 bits per heavy atom. The molecular formula is C14H20N4. The smallest absolute Gasteiger partial charge is 0.141 e. The van der Waals surface area contributed by atoms with Crippen molar-refractivity contribution in [3.8, 4) is 0 Å². The average Bonchev–Trinajstić information content (AvgIpc) is 3.23. The van der Waals surface area contributed by atoms with E-state index in [1.807, 2.05) is 12.3 Å². The van der Waals surface area contributed by atoms with Crippen LogP contribution in [0.1, 0.15) is 31.4 Å². The van der Waals surface area contributed by atoms with Crippen molar-refractivity contribution in [3.05, 3.63) is 24.0 Å². The summed E-state index contributed by atoms with van der Waals surface area (Å²) in [5.74, 6) is 1.81. The molecule has 0 bridgehead atoms. The Morgan fingerprint density at radius 2 is 1.83 bits per heavy atom. The number of nitrogen functional groups attached to an aromatic ring is 1. The first-order valence-corrected chi connectivity index (χ1v) is 6.78. The SMILES string of the molecule is N=C(N)c1ccc(N(CC2CC2)CC2CC2)cn1. The maximum atomic E-state index is 7.36. The molecule has 2 saturated carbocycles. The third-order valence-electron chi connectivity index (χ3n) is 3.74. The van der Waals surface area contributed by atoms with Gasteiger partial charge in [0.1, 0.15) is 11.5 Å². The van der Waals surface area contributed by atoms with Crippen molar-refractivity contribution in [2.24, 2.45) is 17.6 Å². The predicted molar refractivity (Wildman–Crippen MR) is 72.9 cm³/mol. The van der Waals surface area contributed by atoms with Crippen molar-refractivity contribution in [1.82, 2.24) is 4.98 Å². The Bertz CT molecular complexity index is 418. The summed E-state index contributed by atoms with van der Waals surface area (Å²) < 4.78 is 0. The molecule has 3 rings (SSSR count). The van der Waals surface area contributed by atoms with Crippen LogP contribution in [-0.4, -0.2) is 23.9 Å². The molecule has 0 spiro atoms. The van der Waals surface area contributed by atoms with Crippen molar-refractivity contribution >= 4 is 11.5 Å². The van der Waals surface area contributed by atoms with Crippen molar-refractivity contribution in [2.45, 2.75) is 25.7 Å². The van der Waals surface area contributed by atoms with Gasteiger partial charge < -0.3 is 10.6 Å². The van der Waals surface area contributed by atoms with E-state index in [1.165, 1.54) is 31.4 Å². The fourth-order valence-corrected chi connectivity index (χ4v) is 2.24. The molecule has 1 heterocycles. The van der Waals surface area contributed by atoms with Crippen molar-refractivity contribution in [1.29, 1.82) is 5.41 Å². The highest BCUT2D eigenvalue weighted by Gasteiger charge is 2.29. The fourth-order valence-electron chi connectivity index (χ4n) is 2.24. The number of amidine groups is 1. The number of hydrogen-bond donors (Lipinski definition) is 2. The monoisotopic (exact) mass is 244 g/mol. The Labute approximate surface area is 108 Å². The second-order valence-electron chi connectivity index (χ2n) is 5.61. The van der Waals surface area contributed by atoms with E-state index in [0.717, 1.165) is 24.9 Å². The van der Waals surface area contributed by atoms with Crippen LogP contribution in [0.15, 0.2) is 18.3 Å². The fraction of sp³-hybridized carbons (Fsp3) is 0.571. The van der Waals surface area contributed by atoms with E-state index >= 15 is 0 Å². The highest BCUT2D eigenvalue weighted by molar-refractivity contribution is 5.93. The lowest BCUT2D eigenvalue weighted by atomic mass is 10.2. The van der Waals surface area contributed by atoms with Gasteiger partial charge in [-0.2, -0.15) is 0 Å². The molecule has 0 atom stereocenters. The summed E-state index contributed by atoms with van der Waals surface area (Å²) in [7, 11) is 0. The Balaban J connectivity index is 1.72. The Kier molecular flexibility index (Phi) is 2.94. The summed E-state index contributed by atoms with van der Waals surface area (Å²) in [6, 6.07) is 3.90. The van der Waals surface area contributed by atoms with Gasteiger partial charge in [-0.1, -0.05) is 0 Å². The van der Waals surface area contributed by atoms with Crippen LogP contribution in [0.5, 0.6) is 0 Å². The Morgan fingerprint density at radius 1 is 1.22 bits per heavy atom. The van der Waals surface area contributed by atoms with E-state index < -0.39 is 0 Å². The second-order valence-corrected chi connectivity index (χ2v) is 5.61. The molecule has 0 aromatic carbocycles. The Hall–Kier alpha value is -1.58. The summed E-state index contributed by atoms with van der Waals surface area (Å²) in [5.41, 5.74) is 7.17. The molecule has 0 saturated heterocycles. The predicted octanol–water partition coefficient (Wildman–Crippen LogP) is 1.99. The second kappa shape index (κ2) is 4.59. The number of nitrogens with zero attached hydrogens (tertiary/aromatic N) is 2. The molecule has 96 valence electrons. The maximum absolute atomic E-state index is 7.36. The molecule has 3 N–H and O–H groups in total. The molecule has 2 fully saturated rings. The van der Waals surface area contributed by atoms with E-state index in [2.05, 4.69) is 16.0 Å². The van der Waals surface area contributed by atoms with Gasteiger partial charge in [-0.25, -0.2) is 0 Å². The van der Waals surface area contributed by atoms with Gasteiger partial charge in [0, 0.05) is 13.1 Å². The molecule has 1 aromatic rings. The molecule has 2 aliphatic carbocycles. The van der Waals surface area contributed by atoms with E-state index in [0.29, 0.717) is 5.69 Å². The summed E-state index contributed by atoms with van der Waals surface area (Å²) in [6.07, 6.45) is 7.36. The van der Waals surface area contributed by atoms with E-state index in [4.69, 9.17) is 11.1 Å². The molecule has 18 heavy (non-hydrogen) atoms. The highest BCUT2D eigenvalue weighted by Crippen LogP contribution is 2.35. The molecule has 4 nitrogen and oxygen atoms in total. The molecule has 0 unspecified atom stereocenters. The number of rotatable bonds is 6. The first kappa shape index (κ1) is 11.5. The van der Waals surface area contributed by atoms with E-state index in [1.54, 1.807) is 0 Å². The lowest BCUT2D eigenvalue weighted by Gasteiger charge is -2.24. The van der Waals surface area contributed by atoms with Crippen LogP contribution in [0.25, 0.3) is 0 Å². The lowest BCUT2D eigenvalue weighted by molar-refractivity contribution is 0.678. The van der Waals surface area contributed by atoms with Crippen molar-refractivity contribution in [2.75, 3.05) is 18.0 Å². The van der Waals surface area contributed by atoms with Crippen LogP contribution in [-0.2, 0) is 0 Å². The summed E-state index contributed by atoms with van der Waals surface area (Å²) in [5, 5.41) is 7.36. The minimum absolute atomic E-state index is 0.0393. The maximum Gasteiger partial charge on any atom is 0.141 e. The van der Waals surface area contributed by atoms with Gasteiger partial charge in [0.05, 0.1) is 11.9 Å². The van der Waals surface area contributed by atoms with Crippen LogP contribution in [0.2, 0.25) is 0 Å². The highest BCUT2D eigenvalue weighted by atomic mass is 15.1. The van der Waals surface area contributed by atoms with E-state index in [9.17, 15) is 0 Å². The van der Waals surface area contributed by atoms with Gasteiger partial charge in [-0.15, -0.1) is 0 Å². The van der Waals surface area contributed by atoms with Crippen molar-refractivity contribution in [3.63, 3.8) is 0 Å². The first-order chi connectivity index (χ1) is 8.72. The normalized spacial score (nSPS) is 18.7. The van der Waals surface area contributed by atoms with E-state index in [-0.39, 0.29) is 5.84 Å². The van der Waals surface area contributed by atoms with Crippen LogP contribution in [0.3, 0.4) is 0 Å². The summed E-state index contributed by atoms with van der Waals surface area (Å²) in [4.78, 5) is 6.73. The number of anilines is 1. The zero-order chi connectivity index (χ0) is 12.5. The third-order valence-corrected chi connectivity index (χ3v) is 3.74. The minimum atomic E-state index is 0.0393. The molecule has 0 aliphatic heterocycles. The third kappa shape index (κ3) is 2.81. The molecule has 0 amide bonds. The van der Waals surface area contributed by atoms with Gasteiger partial charge in [-0.05, 0) is 49.7 Å². The average molecular weight is 244 g/mol. The van der Waals surface area contributed by atoms with Gasteiger partial charge >= 0.3 is 0 Å². The van der Waals surface area contributed by atoms with Gasteiger partial charge in [0.25, 0.3) is 0 Å².